The number of carbonyl (C=O) groups is 2. The molecule has 0 aliphatic rings. The number of allylic oxidation sites excluding steroid dienone is 1. The van der Waals surface area contributed by atoms with Gasteiger partial charge in [-0.2, -0.15) is 0 Å². The van der Waals surface area contributed by atoms with E-state index in [1.165, 1.54) is 7.11 Å². The summed E-state index contributed by atoms with van der Waals surface area (Å²) >= 11 is 0. The van der Waals surface area contributed by atoms with Gasteiger partial charge in [-0.05, 0) is 62.6 Å². The van der Waals surface area contributed by atoms with Gasteiger partial charge in [-0.3, -0.25) is 10.6 Å². The molecule has 2 rings (SSSR count). The Kier molecular flexibility index (Phi) is 10.3. The number of carbonyl (C=O) groups excluding carboxylic acids is 2. The van der Waals surface area contributed by atoms with E-state index in [2.05, 4.69) is 15.5 Å². The van der Waals surface area contributed by atoms with Crippen LogP contribution in [0.5, 0.6) is 0 Å². The molecule has 2 aromatic rings. The topological polar surface area (TPSA) is 95.1 Å². The van der Waals surface area contributed by atoms with Gasteiger partial charge in [-0.1, -0.05) is 48.5 Å². The molecule has 0 aliphatic carbocycles. The van der Waals surface area contributed by atoms with E-state index in [1.807, 2.05) is 60.7 Å². The Morgan fingerprint density at radius 3 is 2.24 bits per heavy atom. The van der Waals surface area contributed by atoms with Crippen molar-refractivity contribution in [2.24, 2.45) is 0 Å². The van der Waals surface area contributed by atoms with Gasteiger partial charge in [-0.15, -0.1) is 0 Å². The Hall–Kier alpha value is -3.62. The minimum absolute atomic E-state index is 0.0101. The highest BCUT2D eigenvalue weighted by molar-refractivity contribution is 5.73. The summed E-state index contributed by atoms with van der Waals surface area (Å²) in [7, 11) is 1.39. The average molecular weight is 469 g/mol. The number of amides is 2. The van der Waals surface area contributed by atoms with E-state index >= 15 is 0 Å². The highest BCUT2D eigenvalue weighted by Crippen LogP contribution is 2.13. The Morgan fingerprint density at radius 2 is 1.59 bits per heavy atom. The molecular formula is C26H32N2O6. The highest BCUT2D eigenvalue weighted by atomic mass is 17.2. The summed E-state index contributed by atoms with van der Waals surface area (Å²) in [6, 6.07) is 16.9. The lowest BCUT2D eigenvalue weighted by atomic mass is 10.1. The van der Waals surface area contributed by atoms with E-state index in [1.54, 1.807) is 33.8 Å². The number of benzene rings is 2. The van der Waals surface area contributed by atoms with Crippen LogP contribution in [0.15, 0.2) is 66.0 Å². The normalized spacial score (nSPS) is 12.1. The quantitative estimate of drug-likeness (QED) is 0.377. The molecule has 0 atom stereocenters. The van der Waals surface area contributed by atoms with Crippen molar-refractivity contribution in [1.82, 2.24) is 10.6 Å². The number of hydrogen-bond acceptors (Lipinski definition) is 6. The van der Waals surface area contributed by atoms with Crippen LogP contribution in [0.2, 0.25) is 0 Å². The van der Waals surface area contributed by atoms with Gasteiger partial charge in [0.25, 0.3) is 0 Å². The summed E-state index contributed by atoms with van der Waals surface area (Å²) in [5.41, 5.74) is 3.03. The van der Waals surface area contributed by atoms with Gasteiger partial charge >= 0.3 is 12.2 Å². The summed E-state index contributed by atoms with van der Waals surface area (Å²) in [4.78, 5) is 33.9. The Balaban J connectivity index is 2.07. The van der Waals surface area contributed by atoms with E-state index in [9.17, 15) is 9.59 Å². The third-order valence-electron chi connectivity index (χ3n) is 4.14. The summed E-state index contributed by atoms with van der Waals surface area (Å²) < 4.78 is 10.5. The largest absolute Gasteiger partial charge is 0.444 e. The van der Waals surface area contributed by atoms with Crippen LogP contribution in [-0.4, -0.2) is 31.5 Å². The van der Waals surface area contributed by atoms with Crippen molar-refractivity contribution in [3.05, 3.63) is 82.7 Å². The average Bonchev–Trinajstić information content (AvgIpc) is 2.75. The lowest BCUT2D eigenvalue weighted by Gasteiger charge is -2.19. The van der Waals surface area contributed by atoms with Crippen LogP contribution >= 0.6 is 0 Å². The van der Waals surface area contributed by atoms with Crippen molar-refractivity contribution < 1.29 is 28.8 Å². The Morgan fingerprint density at radius 1 is 0.912 bits per heavy atom. The second-order valence-corrected chi connectivity index (χ2v) is 8.41. The molecule has 0 saturated heterocycles. The number of ether oxygens (including phenoxy) is 2. The van der Waals surface area contributed by atoms with Gasteiger partial charge in [0, 0.05) is 5.70 Å². The van der Waals surface area contributed by atoms with Gasteiger partial charge < -0.3 is 9.47 Å². The molecule has 2 aromatic carbocycles. The summed E-state index contributed by atoms with van der Waals surface area (Å²) in [6.45, 7) is 7.34. The fraction of sp³-hybridized carbons (Fsp3) is 0.308. The minimum atomic E-state index is -0.608. The maximum atomic E-state index is 12.3. The minimum Gasteiger partial charge on any atom is -0.444 e. The molecule has 8 heteroatoms. The Labute approximate surface area is 200 Å². The highest BCUT2D eigenvalue weighted by Gasteiger charge is 2.16. The van der Waals surface area contributed by atoms with Gasteiger partial charge in [0.1, 0.15) is 18.8 Å². The van der Waals surface area contributed by atoms with Crippen LogP contribution in [0, 0.1) is 0 Å². The molecule has 0 aromatic heterocycles. The lowest BCUT2D eigenvalue weighted by molar-refractivity contribution is -0.265. The van der Waals surface area contributed by atoms with E-state index in [-0.39, 0.29) is 13.2 Å². The zero-order chi connectivity index (χ0) is 25.0. The Bertz CT molecular complexity index is 1010. The van der Waals surface area contributed by atoms with Crippen molar-refractivity contribution in [2.45, 2.75) is 39.9 Å². The molecule has 0 bridgehead atoms. The standard InChI is InChI=1S/C26H32N2O6/c1-19(27-25(30)34-26(2,3)4)14-21-12-9-13-22(15-21)16-23(18-33-31-5)28-24(29)32-17-20-10-7-6-8-11-20/h6-16H,17-18H2,1-5H3,(H,27,30)(H,28,29)/b19-14-,23-16-. The first-order chi connectivity index (χ1) is 16.1. The molecule has 2 amide bonds. The molecule has 0 spiro atoms. The SMILES string of the molecule is COOC/C(=C/c1cccc(/C=C(/C)NC(=O)OC(C)(C)C)c1)NC(=O)OCc1ccccc1. The molecule has 0 heterocycles. The third-order valence-corrected chi connectivity index (χ3v) is 4.14. The van der Waals surface area contributed by atoms with Crippen molar-refractivity contribution in [2.75, 3.05) is 13.7 Å². The third kappa shape index (κ3) is 10.8. The van der Waals surface area contributed by atoms with Crippen LogP contribution in [0.25, 0.3) is 12.2 Å². The van der Waals surface area contributed by atoms with E-state index < -0.39 is 17.8 Å². The second kappa shape index (κ2) is 13.2. The molecule has 0 aliphatic heterocycles. The smallest absolute Gasteiger partial charge is 0.411 e. The monoisotopic (exact) mass is 468 g/mol. The van der Waals surface area contributed by atoms with Crippen molar-refractivity contribution in [1.29, 1.82) is 0 Å². The van der Waals surface area contributed by atoms with Crippen molar-refractivity contribution >= 4 is 24.3 Å². The van der Waals surface area contributed by atoms with E-state index in [4.69, 9.17) is 14.4 Å². The van der Waals surface area contributed by atoms with Gasteiger partial charge in [-0.25, -0.2) is 19.4 Å². The molecule has 0 saturated carbocycles. The van der Waals surface area contributed by atoms with E-state index in [0.717, 1.165) is 16.7 Å². The molecule has 0 unspecified atom stereocenters. The van der Waals surface area contributed by atoms with Gasteiger partial charge in [0.2, 0.25) is 0 Å². The first-order valence-corrected chi connectivity index (χ1v) is 10.8. The zero-order valence-corrected chi connectivity index (χ0v) is 20.2. The van der Waals surface area contributed by atoms with Crippen molar-refractivity contribution in [3.63, 3.8) is 0 Å². The molecule has 8 nitrogen and oxygen atoms in total. The predicted octanol–water partition coefficient (Wildman–Crippen LogP) is 5.42. The molecule has 0 radical (unpaired) electrons. The van der Waals surface area contributed by atoms with Crippen molar-refractivity contribution in [3.8, 4) is 0 Å². The van der Waals surface area contributed by atoms with Crippen LogP contribution < -0.4 is 10.6 Å². The second-order valence-electron chi connectivity index (χ2n) is 8.41. The maximum absolute atomic E-state index is 12.3. The zero-order valence-electron chi connectivity index (χ0n) is 20.2. The fourth-order valence-corrected chi connectivity index (χ4v) is 2.82. The summed E-state index contributed by atoms with van der Waals surface area (Å²) in [5, 5.41) is 5.39. The molecule has 0 fully saturated rings. The molecule has 2 N–H and O–H groups in total. The molecule has 182 valence electrons. The van der Waals surface area contributed by atoms with Gasteiger partial charge in [0.05, 0.1) is 12.8 Å². The lowest BCUT2D eigenvalue weighted by Crippen LogP contribution is -2.31. The summed E-state index contributed by atoms with van der Waals surface area (Å²) in [6.07, 6.45) is 2.43. The number of nitrogens with one attached hydrogen (secondary N) is 2. The van der Waals surface area contributed by atoms with Crippen LogP contribution in [0.4, 0.5) is 9.59 Å². The van der Waals surface area contributed by atoms with Crippen LogP contribution in [0.1, 0.15) is 44.4 Å². The fourth-order valence-electron chi connectivity index (χ4n) is 2.82. The maximum Gasteiger partial charge on any atom is 0.411 e. The first kappa shape index (κ1) is 26.6. The van der Waals surface area contributed by atoms with Gasteiger partial charge in [0.15, 0.2) is 0 Å². The molecule has 34 heavy (non-hydrogen) atoms. The number of rotatable bonds is 9. The number of hydrogen-bond donors (Lipinski definition) is 2. The van der Waals surface area contributed by atoms with Crippen LogP contribution in [-0.2, 0) is 25.9 Å². The van der Waals surface area contributed by atoms with Crippen LogP contribution in [0.3, 0.4) is 0 Å². The summed E-state index contributed by atoms with van der Waals surface area (Å²) in [5.74, 6) is 0. The predicted molar refractivity (Wildman–Crippen MR) is 130 cm³/mol. The number of alkyl carbamates (subject to hydrolysis) is 2. The molecular weight excluding hydrogens is 436 g/mol. The first-order valence-electron chi connectivity index (χ1n) is 10.8. The van der Waals surface area contributed by atoms with E-state index in [0.29, 0.717) is 11.4 Å².